The lowest BCUT2D eigenvalue weighted by molar-refractivity contribution is 0.0730. The molecule has 1 aliphatic heterocycles. The molecule has 2 aromatic carbocycles. The van der Waals surface area contributed by atoms with Crippen molar-refractivity contribution < 1.29 is 17.9 Å². The predicted octanol–water partition coefficient (Wildman–Crippen LogP) is 2.80. The summed E-state index contributed by atoms with van der Waals surface area (Å²) in [4.78, 5) is 12.6. The zero-order valence-corrected chi connectivity index (χ0v) is 17.4. The molecule has 0 radical (unpaired) electrons. The summed E-state index contributed by atoms with van der Waals surface area (Å²) in [7, 11) is -3.80. The molecule has 1 amide bonds. The van der Waals surface area contributed by atoms with E-state index in [1.807, 2.05) is 30.3 Å². The van der Waals surface area contributed by atoms with Gasteiger partial charge in [0.25, 0.3) is 5.91 Å². The van der Waals surface area contributed by atoms with Gasteiger partial charge in [0.2, 0.25) is 10.0 Å². The third-order valence-electron chi connectivity index (χ3n) is 4.62. The van der Waals surface area contributed by atoms with E-state index in [1.165, 1.54) is 16.4 Å². The van der Waals surface area contributed by atoms with E-state index < -0.39 is 15.9 Å². The Morgan fingerprint density at radius 1 is 1.07 bits per heavy atom. The van der Waals surface area contributed by atoms with Crippen LogP contribution in [0.1, 0.15) is 10.5 Å². The molecule has 0 saturated carbocycles. The number of nitrogens with one attached hydrogen (secondary N) is 1. The first-order chi connectivity index (χ1) is 14.4. The first-order valence-corrected chi connectivity index (χ1v) is 11.1. The lowest BCUT2D eigenvalue weighted by atomic mass is 10.3. The largest absolute Gasteiger partial charge is 0.379 e. The number of ether oxygens (including phenoxy) is 1. The van der Waals surface area contributed by atoms with Crippen molar-refractivity contribution in [3.8, 4) is 5.69 Å². The second kappa shape index (κ2) is 8.57. The number of rotatable bonds is 5. The van der Waals surface area contributed by atoms with E-state index in [2.05, 4.69) is 10.4 Å². The number of nitrogens with zero attached hydrogens (tertiary/aromatic N) is 3. The number of morpholine rings is 1. The summed E-state index contributed by atoms with van der Waals surface area (Å²) < 4.78 is 34.0. The van der Waals surface area contributed by atoms with Crippen molar-refractivity contribution in [2.24, 2.45) is 0 Å². The van der Waals surface area contributed by atoms with Crippen LogP contribution in [0.15, 0.2) is 65.7 Å². The van der Waals surface area contributed by atoms with Crippen molar-refractivity contribution in [3.63, 3.8) is 0 Å². The molecule has 10 heteroatoms. The van der Waals surface area contributed by atoms with Crippen LogP contribution in [0.5, 0.6) is 0 Å². The first kappa shape index (κ1) is 20.5. The van der Waals surface area contributed by atoms with Gasteiger partial charge in [-0.2, -0.15) is 9.40 Å². The molecule has 1 fully saturated rings. The summed E-state index contributed by atoms with van der Waals surface area (Å²) in [5.74, 6) is -0.457. The number of benzene rings is 2. The van der Waals surface area contributed by atoms with Crippen molar-refractivity contribution in [1.82, 2.24) is 14.1 Å². The maximum Gasteiger partial charge on any atom is 0.276 e. The van der Waals surface area contributed by atoms with Crippen molar-refractivity contribution in [2.45, 2.75) is 4.90 Å². The van der Waals surface area contributed by atoms with Crippen LogP contribution in [0.4, 0.5) is 5.69 Å². The monoisotopic (exact) mass is 446 g/mol. The van der Waals surface area contributed by atoms with Gasteiger partial charge in [0.1, 0.15) is 4.90 Å². The van der Waals surface area contributed by atoms with Gasteiger partial charge in [-0.05, 0) is 36.4 Å². The molecule has 30 heavy (non-hydrogen) atoms. The van der Waals surface area contributed by atoms with E-state index in [0.717, 1.165) is 5.69 Å². The average Bonchev–Trinajstić information content (AvgIpc) is 3.27. The van der Waals surface area contributed by atoms with Crippen LogP contribution in [0.3, 0.4) is 0 Å². The third-order valence-corrected chi connectivity index (χ3v) is 7.00. The highest BCUT2D eigenvalue weighted by Gasteiger charge is 2.28. The Hall–Kier alpha value is -2.72. The number of sulfonamides is 1. The van der Waals surface area contributed by atoms with Crippen molar-refractivity contribution in [1.29, 1.82) is 0 Å². The SMILES string of the molecule is O=C(Nc1ccc(Cl)c(S(=O)(=O)N2CCOCC2)c1)c1ccn(-c2ccccc2)n1. The molecule has 0 bridgehead atoms. The lowest BCUT2D eigenvalue weighted by Crippen LogP contribution is -2.40. The molecule has 0 unspecified atom stereocenters. The van der Waals surface area contributed by atoms with Crippen LogP contribution in [0, 0.1) is 0 Å². The summed E-state index contributed by atoms with van der Waals surface area (Å²) >= 11 is 6.16. The number of aromatic nitrogens is 2. The fraction of sp³-hybridized carbons (Fsp3) is 0.200. The minimum absolute atomic E-state index is 0.0568. The Morgan fingerprint density at radius 2 is 1.80 bits per heavy atom. The molecule has 4 rings (SSSR count). The maximum absolute atomic E-state index is 12.9. The molecule has 3 aromatic rings. The maximum atomic E-state index is 12.9. The average molecular weight is 447 g/mol. The summed E-state index contributed by atoms with van der Waals surface area (Å²) in [5.41, 5.74) is 1.33. The van der Waals surface area contributed by atoms with Crippen LogP contribution < -0.4 is 5.32 Å². The summed E-state index contributed by atoms with van der Waals surface area (Å²) in [6, 6.07) is 15.3. The molecule has 0 spiro atoms. The molecule has 1 aromatic heterocycles. The van der Waals surface area contributed by atoms with E-state index in [-0.39, 0.29) is 28.7 Å². The number of hydrogen-bond acceptors (Lipinski definition) is 5. The minimum Gasteiger partial charge on any atom is -0.379 e. The van der Waals surface area contributed by atoms with E-state index in [1.54, 1.807) is 23.0 Å². The number of carbonyl (C=O) groups excluding carboxylic acids is 1. The predicted molar refractivity (Wildman–Crippen MR) is 113 cm³/mol. The topological polar surface area (TPSA) is 93.5 Å². The number of anilines is 1. The van der Waals surface area contributed by atoms with E-state index >= 15 is 0 Å². The van der Waals surface area contributed by atoms with Crippen molar-refractivity contribution in [3.05, 3.63) is 71.5 Å². The molecule has 1 N–H and O–H groups in total. The van der Waals surface area contributed by atoms with Gasteiger partial charge in [-0.1, -0.05) is 29.8 Å². The van der Waals surface area contributed by atoms with Gasteiger partial charge in [-0.25, -0.2) is 13.1 Å². The highest BCUT2D eigenvalue weighted by molar-refractivity contribution is 7.89. The van der Waals surface area contributed by atoms with Crippen molar-refractivity contribution in [2.75, 3.05) is 31.6 Å². The fourth-order valence-electron chi connectivity index (χ4n) is 3.07. The lowest BCUT2D eigenvalue weighted by Gasteiger charge is -2.26. The van der Waals surface area contributed by atoms with Gasteiger partial charge < -0.3 is 10.1 Å². The minimum atomic E-state index is -3.80. The Bertz CT molecular complexity index is 1160. The molecular formula is C20H19ClN4O4S. The van der Waals surface area contributed by atoms with Crippen LogP contribution in [0.25, 0.3) is 5.69 Å². The van der Waals surface area contributed by atoms with Crippen LogP contribution in [0.2, 0.25) is 5.02 Å². The van der Waals surface area contributed by atoms with Gasteiger partial charge in [-0.3, -0.25) is 4.79 Å². The highest BCUT2D eigenvalue weighted by Crippen LogP contribution is 2.28. The van der Waals surface area contributed by atoms with E-state index in [0.29, 0.717) is 18.9 Å². The summed E-state index contributed by atoms with van der Waals surface area (Å²) in [5, 5.41) is 7.05. The van der Waals surface area contributed by atoms with Gasteiger partial charge in [-0.15, -0.1) is 0 Å². The van der Waals surface area contributed by atoms with Gasteiger partial charge in [0, 0.05) is 25.0 Å². The zero-order valence-electron chi connectivity index (χ0n) is 15.9. The first-order valence-electron chi connectivity index (χ1n) is 9.25. The summed E-state index contributed by atoms with van der Waals surface area (Å²) in [6.45, 7) is 1.17. The van der Waals surface area contributed by atoms with Gasteiger partial charge in [0.05, 0.1) is 23.9 Å². The molecule has 0 atom stereocenters. The van der Waals surface area contributed by atoms with E-state index in [9.17, 15) is 13.2 Å². The number of carbonyl (C=O) groups is 1. The molecule has 1 aliphatic rings. The standard InChI is InChI=1S/C20H19ClN4O4S/c21-17-7-6-15(14-19(17)30(27,28)24-10-12-29-13-11-24)22-20(26)18-8-9-25(23-18)16-4-2-1-3-5-16/h1-9,14H,10-13H2,(H,22,26). The normalized spacial score (nSPS) is 15.1. The van der Waals surface area contributed by atoms with Crippen LogP contribution in [-0.2, 0) is 14.8 Å². The molecule has 1 saturated heterocycles. The van der Waals surface area contributed by atoms with Crippen LogP contribution in [-0.4, -0.2) is 54.7 Å². The fourth-order valence-corrected chi connectivity index (χ4v) is 4.98. The molecule has 156 valence electrons. The second-order valence-electron chi connectivity index (χ2n) is 6.60. The van der Waals surface area contributed by atoms with Gasteiger partial charge in [0.15, 0.2) is 5.69 Å². The Morgan fingerprint density at radius 3 is 2.53 bits per heavy atom. The molecule has 0 aliphatic carbocycles. The molecular weight excluding hydrogens is 428 g/mol. The van der Waals surface area contributed by atoms with Crippen molar-refractivity contribution >= 4 is 33.2 Å². The van der Waals surface area contributed by atoms with Gasteiger partial charge >= 0.3 is 0 Å². The Kier molecular flexibility index (Phi) is 5.87. The highest BCUT2D eigenvalue weighted by atomic mass is 35.5. The smallest absolute Gasteiger partial charge is 0.276 e. The quantitative estimate of drug-likeness (QED) is 0.650. The Labute approximate surface area is 179 Å². The van der Waals surface area contributed by atoms with E-state index in [4.69, 9.17) is 16.3 Å². The Balaban J connectivity index is 1.55. The molecule has 2 heterocycles. The number of amides is 1. The zero-order chi connectivity index (χ0) is 21.1. The second-order valence-corrected chi connectivity index (χ2v) is 8.91. The molecule has 8 nitrogen and oxygen atoms in total. The van der Waals surface area contributed by atoms with Crippen LogP contribution >= 0.6 is 11.6 Å². The number of para-hydroxylation sites is 1. The summed E-state index contributed by atoms with van der Waals surface area (Å²) in [6.07, 6.45) is 1.68. The third kappa shape index (κ3) is 4.24. The number of halogens is 1. The number of hydrogen-bond donors (Lipinski definition) is 1.